The number of fused-ring (bicyclic) bond motifs is 3. The van der Waals surface area contributed by atoms with Crippen LogP contribution in [-0.2, 0) is 20.3 Å². The summed E-state index contributed by atoms with van der Waals surface area (Å²) < 4.78 is 33.5. The fourth-order valence-electron chi connectivity index (χ4n) is 5.39. The van der Waals surface area contributed by atoms with E-state index in [1.807, 2.05) is 11.0 Å². The summed E-state index contributed by atoms with van der Waals surface area (Å²) in [5.74, 6) is -0.652. The molecule has 4 heterocycles. The van der Waals surface area contributed by atoms with Gasteiger partial charge in [-0.25, -0.2) is 13.1 Å². The van der Waals surface area contributed by atoms with Crippen molar-refractivity contribution < 1.29 is 22.7 Å². The van der Waals surface area contributed by atoms with Crippen LogP contribution in [0.15, 0.2) is 53.4 Å². The van der Waals surface area contributed by atoms with Crippen molar-refractivity contribution in [2.75, 3.05) is 39.4 Å². The lowest BCUT2D eigenvalue weighted by Crippen LogP contribution is -2.41. The lowest BCUT2D eigenvalue weighted by molar-refractivity contribution is 0.0298. The Hall–Kier alpha value is -3.50. The zero-order chi connectivity index (χ0) is 25.6. The quantitative estimate of drug-likeness (QED) is 0.526. The number of piperidine rings is 1. The van der Waals surface area contributed by atoms with Crippen LogP contribution in [0.25, 0.3) is 16.9 Å². The topological polar surface area (TPSA) is 102 Å². The van der Waals surface area contributed by atoms with Crippen molar-refractivity contribution in [1.29, 1.82) is 0 Å². The number of aromatic nitrogens is 2. The Morgan fingerprint density at radius 3 is 2.35 bits per heavy atom. The van der Waals surface area contributed by atoms with Crippen molar-refractivity contribution in [3.8, 4) is 16.9 Å². The number of nitrogens with zero attached hydrogens (tertiary/aromatic N) is 4. The van der Waals surface area contributed by atoms with E-state index in [0.29, 0.717) is 54.4 Å². The van der Waals surface area contributed by atoms with Gasteiger partial charge in [-0.15, -0.1) is 0 Å². The maximum Gasteiger partial charge on any atom is 0.274 e. The van der Waals surface area contributed by atoms with Gasteiger partial charge in [-0.05, 0) is 43.5 Å². The molecule has 3 aliphatic heterocycles. The van der Waals surface area contributed by atoms with Crippen LogP contribution >= 0.6 is 0 Å². The molecule has 0 saturated carbocycles. The molecule has 2 amide bonds. The van der Waals surface area contributed by atoms with Crippen LogP contribution in [0.2, 0.25) is 0 Å². The molecule has 6 rings (SSSR count). The molecule has 0 radical (unpaired) electrons. The Bertz CT molecular complexity index is 1480. The minimum Gasteiger partial charge on any atom is -0.378 e. The zero-order valence-corrected chi connectivity index (χ0v) is 21.2. The standard InChI is InChI=1S/C27H28N4O5S/c32-26(29-11-4-1-5-12-29)19-7-6-8-20(17-19)31-25-21-9-2-3-10-23(21)37(34,35)18-22(25)24(28-31)27(33)30-13-15-36-16-14-30/h2-3,6-10,17H,1,4-5,11-16,18H2. The van der Waals surface area contributed by atoms with Crippen LogP contribution in [0.3, 0.4) is 0 Å². The molecule has 10 heteroatoms. The monoisotopic (exact) mass is 520 g/mol. The summed E-state index contributed by atoms with van der Waals surface area (Å²) >= 11 is 0. The molecule has 2 aromatic carbocycles. The molecule has 0 bridgehead atoms. The van der Waals surface area contributed by atoms with Crippen molar-refractivity contribution in [2.24, 2.45) is 0 Å². The molecule has 0 atom stereocenters. The maximum absolute atomic E-state index is 13.6. The van der Waals surface area contributed by atoms with Gasteiger partial charge in [0.2, 0.25) is 0 Å². The molecule has 3 aliphatic rings. The van der Waals surface area contributed by atoms with Gasteiger partial charge in [0.25, 0.3) is 11.8 Å². The van der Waals surface area contributed by atoms with Crippen molar-refractivity contribution in [1.82, 2.24) is 19.6 Å². The van der Waals surface area contributed by atoms with E-state index in [1.54, 1.807) is 52.0 Å². The van der Waals surface area contributed by atoms with Crippen LogP contribution in [0.5, 0.6) is 0 Å². The molecule has 0 unspecified atom stereocenters. The minimum absolute atomic E-state index is 0.0323. The molecular formula is C27H28N4O5S. The second-order valence-corrected chi connectivity index (χ2v) is 11.6. The van der Waals surface area contributed by atoms with E-state index in [2.05, 4.69) is 0 Å². The highest BCUT2D eigenvalue weighted by molar-refractivity contribution is 7.90. The van der Waals surface area contributed by atoms with Gasteiger partial charge >= 0.3 is 0 Å². The predicted octanol–water partition coefficient (Wildman–Crippen LogP) is 2.93. The normalized spacial score (nSPS) is 18.7. The average Bonchev–Trinajstić information content (AvgIpc) is 3.32. The molecule has 3 aromatic rings. The second-order valence-electron chi connectivity index (χ2n) is 9.65. The van der Waals surface area contributed by atoms with Gasteiger partial charge < -0.3 is 14.5 Å². The lowest BCUT2D eigenvalue weighted by atomic mass is 10.0. The molecule has 9 nitrogen and oxygen atoms in total. The number of hydrogen-bond acceptors (Lipinski definition) is 6. The smallest absolute Gasteiger partial charge is 0.274 e. The van der Waals surface area contributed by atoms with Crippen molar-refractivity contribution in [3.63, 3.8) is 0 Å². The predicted molar refractivity (Wildman–Crippen MR) is 136 cm³/mol. The van der Waals surface area contributed by atoms with E-state index in [1.165, 1.54) is 0 Å². The van der Waals surface area contributed by atoms with E-state index < -0.39 is 9.84 Å². The Kier molecular flexibility index (Phi) is 6.08. The highest BCUT2D eigenvalue weighted by atomic mass is 32.2. The third-order valence-corrected chi connectivity index (χ3v) is 8.97. The first-order valence-corrected chi connectivity index (χ1v) is 14.3. The Morgan fingerprint density at radius 1 is 0.838 bits per heavy atom. The van der Waals surface area contributed by atoms with E-state index in [4.69, 9.17) is 9.84 Å². The van der Waals surface area contributed by atoms with Crippen LogP contribution in [-0.4, -0.2) is 79.2 Å². The first-order chi connectivity index (χ1) is 17.9. The molecule has 1 aromatic heterocycles. The molecule has 2 saturated heterocycles. The van der Waals surface area contributed by atoms with Gasteiger partial charge in [-0.2, -0.15) is 5.10 Å². The lowest BCUT2D eigenvalue weighted by Gasteiger charge is -2.27. The van der Waals surface area contributed by atoms with Gasteiger partial charge in [0.05, 0.1) is 35.2 Å². The fraction of sp³-hybridized carbons (Fsp3) is 0.370. The zero-order valence-electron chi connectivity index (χ0n) is 20.4. The number of ether oxygens (including phenoxy) is 1. The SMILES string of the molecule is O=C(c1cccc(-n2nc(C(=O)N3CCOCC3)c3c2-c2ccccc2S(=O)(=O)C3)c1)N1CCCCC1. The van der Waals surface area contributed by atoms with Crippen molar-refractivity contribution in [2.45, 2.75) is 29.9 Å². The maximum atomic E-state index is 13.6. The second kappa shape index (κ2) is 9.42. The van der Waals surface area contributed by atoms with Crippen LogP contribution in [0.4, 0.5) is 0 Å². The third-order valence-electron chi connectivity index (χ3n) is 7.28. The number of likely N-dealkylation sites (tertiary alicyclic amines) is 1. The number of carbonyl (C=O) groups is 2. The number of sulfone groups is 1. The van der Waals surface area contributed by atoms with E-state index in [9.17, 15) is 18.0 Å². The molecule has 2 fully saturated rings. The van der Waals surface area contributed by atoms with E-state index in [-0.39, 0.29) is 28.2 Å². The van der Waals surface area contributed by atoms with Crippen LogP contribution in [0, 0.1) is 0 Å². The van der Waals surface area contributed by atoms with Gasteiger partial charge in [0.1, 0.15) is 0 Å². The number of morpholine rings is 1. The molecular weight excluding hydrogens is 492 g/mol. The number of benzene rings is 2. The molecule has 37 heavy (non-hydrogen) atoms. The number of rotatable bonds is 3. The number of hydrogen-bond donors (Lipinski definition) is 0. The third kappa shape index (κ3) is 4.23. The molecule has 192 valence electrons. The van der Waals surface area contributed by atoms with Crippen molar-refractivity contribution >= 4 is 21.7 Å². The molecule has 0 N–H and O–H groups in total. The van der Waals surface area contributed by atoms with Gasteiger partial charge in [0, 0.05) is 42.9 Å². The summed E-state index contributed by atoms with van der Waals surface area (Å²) in [6.45, 7) is 3.17. The van der Waals surface area contributed by atoms with Crippen LogP contribution in [0.1, 0.15) is 45.7 Å². The van der Waals surface area contributed by atoms with Gasteiger partial charge in [0.15, 0.2) is 15.5 Å². The number of carbonyl (C=O) groups excluding carboxylic acids is 2. The summed E-state index contributed by atoms with van der Waals surface area (Å²) in [7, 11) is -3.66. The highest BCUT2D eigenvalue weighted by Gasteiger charge is 2.37. The average molecular weight is 521 g/mol. The summed E-state index contributed by atoms with van der Waals surface area (Å²) in [5.41, 5.74) is 2.75. The Morgan fingerprint density at radius 2 is 1.57 bits per heavy atom. The number of amides is 2. The molecule has 0 aliphatic carbocycles. The minimum atomic E-state index is -3.66. The first kappa shape index (κ1) is 23.9. The first-order valence-electron chi connectivity index (χ1n) is 12.6. The van der Waals surface area contributed by atoms with Gasteiger partial charge in [-0.3, -0.25) is 9.59 Å². The van der Waals surface area contributed by atoms with E-state index >= 15 is 0 Å². The fourth-order valence-corrected chi connectivity index (χ4v) is 6.98. The summed E-state index contributed by atoms with van der Waals surface area (Å²) in [6.07, 6.45) is 3.12. The Labute approximate surface area is 215 Å². The summed E-state index contributed by atoms with van der Waals surface area (Å²) in [4.78, 5) is 30.5. The summed E-state index contributed by atoms with van der Waals surface area (Å²) in [6, 6.07) is 14.0. The molecule has 0 spiro atoms. The summed E-state index contributed by atoms with van der Waals surface area (Å²) in [5, 5.41) is 4.71. The highest BCUT2D eigenvalue weighted by Crippen LogP contribution is 2.41. The Balaban J connectivity index is 1.49. The van der Waals surface area contributed by atoms with Crippen LogP contribution < -0.4 is 0 Å². The van der Waals surface area contributed by atoms with Crippen molar-refractivity contribution in [3.05, 3.63) is 65.4 Å². The van der Waals surface area contributed by atoms with E-state index in [0.717, 1.165) is 32.4 Å². The largest absolute Gasteiger partial charge is 0.378 e. The van der Waals surface area contributed by atoms with Gasteiger partial charge in [-0.1, -0.05) is 24.3 Å².